The number of hydrogen-bond donors (Lipinski definition) is 1. The van der Waals surface area contributed by atoms with Crippen molar-refractivity contribution in [3.8, 4) is 0 Å². The summed E-state index contributed by atoms with van der Waals surface area (Å²) in [7, 11) is 0. The van der Waals surface area contributed by atoms with E-state index in [-0.39, 0.29) is 24.6 Å². The highest BCUT2D eigenvalue weighted by Crippen LogP contribution is 2.34. The Morgan fingerprint density at radius 1 is 1.52 bits per heavy atom. The van der Waals surface area contributed by atoms with Crippen molar-refractivity contribution in [2.24, 2.45) is 11.7 Å². The van der Waals surface area contributed by atoms with Gasteiger partial charge in [0.2, 0.25) is 11.8 Å². The first-order valence-corrected chi connectivity index (χ1v) is 6.92. The Kier molecular flexibility index (Phi) is 3.05. The van der Waals surface area contributed by atoms with Crippen LogP contribution in [-0.2, 0) is 9.59 Å². The van der Waals surface area contributed by atoms with Crippen LogP contribution in [0.4, 0.5) is 10.8 Å². The normalized spacial score (nSPS) is 18.4. The van der Waals surface area contributed by atoms with Crippen LogP contribution in [0.1, 0.15) is 6.42 Å². The average Bonchev–Trinajstić information content (AvgIpc) is 3.00. The van der Waals surface area contributed by atoms with Gasteiger partial charge in [0.05, 0.1) is 21.1 Å². The number of nitrogens with two attached hydrogens (primary N) is 1. The van der Waals surface area contributed by atoms with Crippen molar-refractivity contribution in [1.82, 2.24) is 4.98 Å². The molecule has 1 saturated heterocycles. The minimum atomic E-state index is -0.515. The maximum Gasteiger partial charge on any atom is 0.271 e. The molecule has 1 unspecified atom stereocenters. The number of carbonyl (C=O) groups excluding carboxylic acids is 2. The van der Waals surface area contributed by atoms with Gasteiger partial charge in [0.25, 0.3) is 5.69 Å². The van der Waals surface area contributed by atoms with E-state index in [0.717, 1.165) is 4.70 Å². The molecule has 0 saturated carbocycles. The molecule has 2 heterocycles. The molecule has 2 aromatic rings. The highest BCUT2D eigenvalue weighted by Gasteiger charge is 2.35. The van der Waals surface area contributed by atoms with Gasteiger partial charge in [-0.15, -0.1) is 0 Å². The number of aromatic nitrogens is 1. The molecule has 3 rings (SSSR count). The molecule has 1 fully saturated rings. The second-order valence-electron chi connectivity index (χ2n) is 4.71. The third-order valence-electron chi connectivity index (χ3n) is 3.33. The van der Waals surface area contributed by atoms with Crippen molar-refractivity contribution in [3.05, 3.63) is 28.3 Å². The zero-order valence-corrected chi connectivity index (χ0v) is 11.5. The van der Waals surface area contributed by atoms with E-state index in [1.165, 1.54) is 28.4 Å². The zero-order valence-electron chi connectivity index (χ0n) is 10.7. The Hall–Kier alpha value is -2.55. The van der Waals surface area contributed by atoms with E-state index >= 15 is 0 Å². The van der Waals surface area contributed by atoms with Crippen molar-refractivity contribution in [2.45, 2.75) is 6.42 Å². The summed E-state index contributed by atoms with van der Waals surface area (Å²) in [6.07, 6.45) is 0.0748. The number of non-ortho nitro benzene ring substituents is 1. The van der Waals surface area contributed by atoms with Gasteiger partial charge in [-0.05, 0) is 6.07 Å². The van der Waals surface area contributed by atoms with Crippen molar-refractivity contribution >= 4 is 44.2 Å². The Labute approximate surface area is 122 Å². The van der Waals surface area contributed by atoms with Crippen LogP contribution in [0.2, 0.25) is 0 Å². The number of amides is 2. The third kappa shape index (κ3) is 2.31. The Morgan fingerprint density at radius 3 is 2.90 bits per heavy atom. The molecule has 2 amide bonds. The predicted octanol–water partition coefficient (Wildman–Crippen LogP) is 1.04. The standard InChI is InChI=1S/C12H10N4O4S/c13-11(18)6-3-10(17)15(5-6)12-14-8-4-7(16(19)20)1-2-9(8)21-12/h1-2,4,6H,3,5H2,(H2,13,18). The van der Waals surface area contributed by atoms with Gasteiger partial charge in [-0.2, -0.15) is 0 Å². The second-order valence-corrected chi connectivity index (χ2v) is 5.72. The zero-order chi connectivity index (χ0) is 15.1. The van der Waals surface area contributed by atoms with E-state index in [9.17, 15) is 19.7 Å². The Bertz CT molecular complexity index is 772. The Morgan fingerprint density at radius 2 is 2.29 bits per heavy atom. The number of anilines is 1. The molecule has 108 valence electrons. The number of thiazole rings is 1. The number of nitro groups is 1. The number of rotatable bonds is 3. The van der Waals surface area contributed by atoms with Gasteiger partial charge < -0.3 is 5.73 Å². The van der Waals surface area contributed by atoms with E-state index < -0.39 is 16.7 Å². The van der Waals surface area contributed by atoms with E-state index in [0.29, 0.717) is 10.6 Å². The minimum Gasteiger partial charge on any atom is -0.369 e. The van der Waals surface area contributed by atoms with Gasteiger partial charge in [0, 0.05) is 25.1 Å². The quantitative estimate of drug-likeness (QED) is 0.671. The molecule has 0 radical (unpaired) electrons. The third-order valence-corrected chi connectivity index (χ3v) is 4.39. The van der Waals surface area contributed by atoms with Crippen LogP contribution in [0.15, 0.2) is 18.2 Å². The maximum atomic E-state index is 11.9. The molecule has 1 aromatic heterocycles. The number of nitro benzene ring substituents is 1. The SMILES string of the molecule is NC(=O)C1CC(=O)N(c2nc3cc([N+](=O)[O-])ccc3s2)C1. The molecule has 0 bridgehead atoms. The smallest absolute Gasteiger partial charge is 0.271 e. The molecular weight excluding hydrogens is 296 g/mol. The van der Waals surface area contributed by atoms with Gasteiger partial charge in [-0.3, -0.25) is 24.6 Å². The van der Waals surface area contributed by atoms with Crippen molar-refractivity contribution < 1.29 is 14.5 Å². The van der Waals surface area contributed by atoms with Crippen LogP contribution >= 0.6 is 11.3 Å². The summed E-state index contributed by atoms with van der Waals surface area (Å²) < 4.78 is 0.742. The van der Waals surface area contributed by atoms with Crippen LogP contribution in [0.3, 0.4) is 0 Å². The lowest BCUT2D eigenvalue weighted by molar-refractivity contribution is -0.384. The topological polar surface area (TPSA) is 119 Å². The number of fused-ring (bicyclic) bond motifs is 1. The molecule has 0 spiro atoms. The second kappa shape index (κ2) is 4.77. The predicted molar refractivity (Wildman–Crippen MR) is 75.9 cm³/mol. The molecule has 1 aliphatic heterocycles. The lowest BCUT2D eigenvalue weighted by Gasteiger charge is -2.11. The molecule has 8 nitrogen and oxygen atoms in total. The number of hydrogen-bond acceptors (Lipinski definition) is 6. The molecular formula is C12H10N4O4S. The number of benzene rings is 1. The molecule has 1 atom stereocenters. The number of primary amides is 1. The number of nitrogens with zero attached hydrogens (tertiary/aromatic N) is 3. The fourth-order valence-electron chi connectivity index (χ4n) is 2.22. The summed E-state index contributed by atoms with van der Waals surface area (Å²) >= 11 is 1.25. The summed E-state index contributed by atoms with van der Waals surface area (Å²) in [5, 5.41) is 11.2. The monoisotopic (exact) mass is 306 g/mol. The summed E-state index contributed by atoms with van der Waals surface area (Å²) in [6, 6.07) is 4.35. The summed E-state index contributed by atoms with van der Waals surface area (Å²) in [4.78, 5) is 39.0. The van der Waals surface area contributed by atoms with Crippen molar-refractivity contribution in [2.75, 3.05) is 11.4 Å². The van der Waals surface area contributed by atoms with Crippen LogP contribution < -0.4 is 10.6 Å². The molecule has 9 heteroatoms. The van der Waals surface area contributed by atoms with Crippen LogP contribution in [-0.4, -0.2) is 28.3 Å². The summed E-state index contributed by atoms with van der Waals surface area (Å²) in [6.45, 7) is 0.204. The first kappa shape index (κ1) is 13.4. The van der Waals surface area contributed by atoms with Crippen molar-refractivity contribution in [1.29, 1.82) is 0 Å². The number of carbonyl (C=O) groups is 2. The average molecular weight is 306 g/mol. The van der Waals surface area contributed by atoms with Gasteiger partial charge in [-0.25, -0.2) is 4.98 Å². The first-order chi connectivity index (χ1) is 9.95. The maximum absolute atomic E-state index is 11.9. The fourth-order valence-corrected chi connectivity index (χ4v) is 3.19. The largest absolute Gasteiger partial charge is 0.369 e. The molecule has 1 aliphatic rings. The highest BCUT2D eigenvalue weighted by atomic mass is 32.1. The van der Waals surface area contributed by atoms with Gasteiger partial charge in [0.1, 0.15) is 0 Å². The molecule has 0 aliphatic carbocycles. The fraction of sp³-hybridized carbons (Fsp3) is 0.250. The molecule has 2 N–H and O–H groups in total. The van der Waals surface area contributed by atoms with E-state index in [2.05, 4.69) is 4.98 Å². The van der Waals surface area contributed by atoms with Crippen molar-refractivity contribution in [3.63, 3.8) is 0 Å². The van der Waals surface area contributed by atoms with Gasteiger partial charge in [-0.1, -0.05) is 11.3 Å². The van der Waals surface area contributed by atoms with E-state index in [4.69, 9.17) is 5.73 Å². The van der Waals surface area contributed by atoms with E-state index in [1.807, 2.05) is 0 Å². The first-order valence-electron chi connectivity index (χ1n) is 6.10. The molecule has 1 aromatic carbocycles. The molecule has 21 heavy (non-hydrogen) atoms. The van der Waals surface area contributed by atoms with Gasteiger partial charge >= 0.3 is 0 Å². The van der Waals surface area contributed by atoms with Crippen LogP contribution in [0.5, 0.6) is 0 Å². The van der Waals surface area contributed by atoms with Crippen LogP contribution in [0, 0.1) is 16.0 Å². The van der Waals surface area contributed by atoms with Gasteiger partial charge in [0.15, 0.2) is 5.13 Å². The lowest BCUT2D eigenvalue weighted by atomic mass is 10.1. The Balaban J connectivity index is 1.96. The lowest BCUT2D eigenvalue weighted by Crippen LogP contribution is -2.28. The minimum absolute atomic E-state index is 0.0536. The summed E-state index contributed by atoms with van der Waals surface area (Å²) in [5.41, 5.74) is 5.62. The highest BCUT2D eigenvalue weighted by molar-refractivity contribution is 7.22. The summed E-state index contributed by atoms with van der Waals surface area (Å²) in [5.74, 6) is -1.24. The van der Waals surface area contributed by atoms with Crippen LogP contribution in [0.25, 0.3) is 10.2 Å². The van der Waals surface area contributed by atoms with E-state index in [1.54, 1.807) is 6.07 Å².